The highest BCUT2D eigenvalue weighted by Crippen LogP contribution is 2.34. The summed E-state index contributed by atoms with van der Waals surface area (Å²) in [6.45, 7) is 4.60. The van der Waals surface area contributed by atoms with Crippen LogP contribution in [0.1, 0.15) is 20.3 Å². The first kappa shape index (κ1) is 13.9. The number of aliphatic carboxylic acids is 1. The first-order chi connectivity index (χ1) is 7.94. The van der Waals surface area contributed by atoms with Crippen LogP contribution in [0.2, 0.25) is 0 Å². The standard InChI is InChI=1S/C11H20N2O4/c1-7(2)11(3-4-12-6-11)10(17)13-8(5-14)9(15)16/h7-8,12,14H,3-6H2,1-2H3,(H,13,17)(H,15,16). The molecular weight excluding hydrogens is 224 g/mol. The van der Waals surface area contributed by atoms with Gasteiger partial charge in [0.2, 0.25) is 5.91 Å². The molecule has 0 saturated carbocycles. The van der Waals surface area contributed by atoms with Crippen molar-refractivity contribution in [2.45, 2.75) is 26.3 Å². The minimum absolute atomic E-state index is 0.116. The topological polar surface area (TPSA) is 98.7 Å². The third-order valence-electron chi connectivity index (χ3n) is 3.53. The normalized spacial score (nSPS) is 25.9. The lowest BCUT2D eigenvalue weighted by molar-refractivity contribution is -0.145. The molecule has 17 heavy (non-hydrogen) atoms. The SMILES string of the molecule is CC(C)C1(C(=O)NC(CO)C(=O)O)CCNC1. The van der Waals surface area contributed by atoms with Crippen molar-refractivity contribution in [2.75, 3.05) is 19.7 Å². The van der Waals surface area contributed by atoms with E-state index in [2.05, 4.69) is 10.6 Å². The van der Waals surface area contributed by atoms with Gasteiger partial charge in [0.05, 0.1) is 12.0 Å². The lowest BCUT2D eigenvalue weighted by Crippen LogP contribution is -2.52. The highest BCUT2D eigenvalue weighted by Gasteiger charge is 2.44. The number of amides is 1. The Kier molecular flexibility index (Phi) is 4.47. The fraction of sp³-hybridized carbons (Fsp3) is 0.818. The van der Waals surface area contributed by atoms with Crippen molar-refractivity contribution < 1.29 is 19.8 Å². The Hall–Kier alpha value is -1.14. The number of hydrogen-bond donors (Lipinski definition) is 4. The van der Waals surface area contributed by atoms with Gasteiger partial charge in [0.15, 0.2) is 0 Å². The quantitative estimate of drug-likeness (QED) is 0.506. The molecule has 0 spiro atoms. The van der Waals surface area contributed by atoms with E-state index in [1.165, 1.54) is 0 Å². The summed E-state index contributed by atoms with van der Waals surface area (Å²) >= 11 is 0. The molecule has 0 aliphatic carbocycles. The van der Waals surface area contributed by atoms with E-state index in [4.69, 9.17) is 10.2 Å². The van der Waals surface area contributed by atoms with E-state index >= 15 is 0 Å². The molecule has 0 aromatic heterocycles. The van der Waals surface area contributed by atoms with Gasteiger partial charge in [-0.2, -0.15) is 0 Å². The average molecular weight is 244 g/mol. The lowest BCUT2D eigenvalue weighted by Gasteiger charge is -2.32. The molecule has 0 radical (unpaired) electrons. The van der Waals surface area contributed by atoms with E-state index in [0.29, 0.717) is 13.0 Å². The van der Waals surface area contributed by atoms with Crippen molar-refractivity contribution in [1.82, 2.24) is 10.6 Å². The molecule has 0 aromatic carbocycles. The highest BCUT2D eigenvalue weighted by molar-refractivity contribution is 5.88. The van der Waals surface area contributed by atoms with Crippen molar-refractivity contribution in [3.05, 3.63) is 0 Å². The number of carboxylic acid groups (broad SMARTS) is 1. The van der Waals surface area contributed by atoms with E-state index in [1.807, 2.05) is 13.8 Å². The summed E-state index contributed by atoms with van der Waals surface area (Å²) in [6.07, 6.45) is 0.689. The molecule has 2 unspecified atom stereocenters. The number of carbonyl (C=O) groups is 2. The molecule has 1 heterocycles. The molecule has 1 saturated heterocycles. The van der Waals surface area contributed by atoms with Gasteiger partial charge in [-0.05, 0) is 18.9 Å². The van der Waals surface area contributed by atoms with E-state index in [1.54, 1.807) is 0 Å². The van der Waals surface area contributed by atoms with Gasteiger partial charge in [0, 0.05) is 6.54 Å². The largest absolute Gasteiger partial charge is 0.480 e. The van der Waals surface area contributed by atoms with Crippen molar-refractivity contribution in [3.8, 4) is 0 Å². The van der Waals surface area contributed by atoms with E-state index in [9.17, 15) is 9.59 Å². The number of carboxylic acids is 1. The van der Waals surface area contributed by atoms with E-state index in [0.717, 1.165) is 6.54 Å². The second-order valence-electron chi connectivity index (χ2n) is 4.78. The number of aliphatic hydroxyl groups is 1. The Balaban J connectivity index is 2.76. The molecule has 1 aliphatic heterocycles. The molecule has 1 aliphatic rings. The van der Waals surface area contributed by atoms with Crippen LogP contribution < -0.4 is 10.6 Å². The lowest BCUT2D eigenvalue weighted by atomic mass is 9.75. The van der Waals surface area contributed by atoms with Crippen LogP contribution in [0.4, 0.5) is 0 Å². The van der Waals surface area contributed by atoms with Gasteiger partial charge in [-0.3, -0.25) is 4.79 Å². The second kappa shape index (κ2) is 5.46. The number of aliphatic hydroxyl groups excluding tert-OH is 1. The monoisotopic (exact) mass is 244 g/mol. The third kappa shape index (κ3) is 2.76. The zero-order chi connectivity index (χ0) is 13.1. The maximum Gasteiger partial charge on any atom is 0.328 e. The van der Waals surface area contributed by atoms with E-state index < -0.39 is 24.0 Å². The van der Waals surface area contributed by atoms with Crippen LogP contribution in [0.15, 0.2) is 0 Å². The van der Waals surface area contributed by atoms with Gasteiger partial charge in [-0.25, -0.2) is 4.79 Å². The minimum atomic E-state index is -1.22. The van der Waals surface area contributed by atoms with Crippen LogP contribution >= 0.6 is 0 Å². The van der Waals surface area contributed by atoms with Gasteiger partial charge < -0.3 is 20.8 Å². The third-order valence-corrected chi connectivity index (χ3v) is 3.53. The molecule has 98 valence electrons. The van der Waals surface area contributed by atoms with Gasteiger partial charge in [0.1, 0.15) is 6.04 Å². The number of nitrogens with one attached hydrogen (secondary N) is 2. The zero-order valence-electron chi connectivity index (χ0n) is 10.2. The summed E-state index contributed by atoms with van der Waals surface area (Å²) in [5.74, 6) is -1.39. The van der Waals surface area contributed by atoms with Crippen molar-refractivity contribution in [3.63, 3.8) is 0 Å². The zero-order valence-corrected chi connectivity index (χ0v) is 10.2. The van der Waals surface area contributed by atoms with Crippen LogP contribution in [0, 0.1) is 11.3 Å². The summed E-state index contributed by atoms with van der Waals surface area (Å²) in [7, 11) is 0. The molecule has 1 fully saturated rings. The number of rotatable bonds is 5. The summed E-state index contributed by atoms with van der Waals surface area (Å²) in [4.78, 5) is 22.9. The Bertz CT molecular complexity index is 298. The predicted octanol–water partition coefficient (Wildman–Crippen LogP) is -0.816. The van der Waals surface area contributed by atoms with Crippen LogP contribution in [0.25, 0.3) is 0 Å². The summed E-state index contributed by atoms with van der Waals surface area (Å²) < 4.78 is 0. The minimum Gasteiger partial charge on any atom is -0.480 e. The molecular formula is C11H20N2O4. The Labute approximate surface area is 100 Å². The summed E-state index contributed by atoms with van der Waals surface area (Å²) in [5, 5.41) is 23.2. The fourth-order valence-corrected chi connectivity index (χ4v) is 2.15. The van der Waals surface area contributed by atoms with E-state index in [-0.39, 0.29) is 11.8 Å². The highest BCUT2D eigenvalue weighted by atomic mass is 16.4. The molecule has 6 nitrogen and oxygen atoms in total. The van der Waals surface area contributed by atoms with Crippen molar-refractivity contribution >= 4 is 11.9 Å². The second-order valence-corrected chi connectivity index (χ2v) is 4.78. The fourth-order valence-electron chi connectivity index (χ4n) is 2.15. The molecule has 1 amide bonds. The molecule has 4 N–H and O–H groups in total. The van der Waals surface area contributed by atoms with Crippen LogP contribution in [0.5, 0.6) is 0 Å². The summed E-state index contributed by atoms with van der Waals surface area (Å²) in [6, 6.07) is -1.22. The number of carbonyl (C=O) groups excluding carboxylic acids is 1. The van der Waals surface area contributed by atoms with Crippen LogP contribution in [-0.4, -0.2) is 47.8 Å². The van der Waals surface area contributed by atoms with Gasteiger partial charge in [-0.1, -0.05) is 13.8 Å². The molecule has 0 aromatic rings. The molecule has 2 atom stereocenters. The Morgan fingerprint density at radius 3 is 2.47 bits per heavy atom. The first-order valence-corrected chi connectivity index (χ1v) is 5.79. The van der Waals surface area contributed by atoms with Gasteiger partial charge in [-0.15, -0.1) is 0 Å². The van der Waals surface area contributed by atoms with Crippen LogP contribution in [-0.2, 0) is 9.59 Å². The molecule has 1 rings (SSSR count). The molecule has 0 bridgehead atoms. The van der Waals surface area contributed by atoms with Crippen molar-refractivity contribution in [2.24, 2.45) is 11.3 Å². The van der Waals surface area contributed by atoms with Crippen molar-refractivity contribution in [1.29, 1.82) is 0 Å². The number of hydrogen-bond acceptors (Lipinski definition) is 4. The Morgan fingerprint density at radius 1 is 1.47 bits per heavy atom. The maximum absolute atomic E-state index is 12.2. The summed E-state index contributed by atoms with van der Waals surface area (Å²) in [5.41, 5.74) is -0.567. The first-order valence-electron chi connectivity index (χ1n) is 5.79. The Morgan fingerprint density at radius 2 is 2.12 bits per heavy atom. The maximum atomic E-state index is 12.2. The molecule has 6 heteroatoms. The van der Waals surface area contributed by atoms with Crippen LogP contribution in [0.3, 0.4) is 0 Å². The average Bonchev–Trinajstić information content (AvgIpc) is 2.75. The van der Waals surface area contributed by atoms with Gasteiger partial charge >= 0.3 is 5.97 Å². The smallest absolute Gasteiger partial charge is 0.328 e. The predicted molar refractivity (Wildman–Crippen MR) is 61.4 cm³/mol. The van der Waals surface area contributed by atoms with Gasteiger partial charge in [0.25, 0.3) is 0 Å².